The fourth-order valence-electron chi connectivity index (χ4n) is 3.44. The Morgan fingerprint density at radius 1 is 1.14 bits per heavy atom. The van der Waals surface area contributed by atoms with Gasteiger partial charge in [0.15, 0.2) is 11.9 Å². The Morgan fingerprint density at radius 3 is 2.68 bits per heavy atom. The largest absolute Gasteiger partial charge is 0.356 e. The lowest BCUT2D eigenvalue weighted by Gasteiger charge is -2.23. The van der Waals surface area contributed by atoms with E-state index in [-0.39, 0.29) is 11.5 Å². The van der Waals surface area contributed by atoms with E-state index in [0.717, 1.165) is 61.5 Å². The number of halogens is 1. The number of rotatable bonds is 2. The first-order valence-electron chi connectivity index (χ1n) is 8.03. The maximum atomic E-state index is 6.19. The molecule has 0 bridgehead atoms. The molecule has 2 aromatic heterocycles. The van der Waals surface area contributed by atoms with Gasteiger partial charge in [-0.3, -0.25) is 0 Å². The molecule has 0 radical (unpaired) electrons. The van der Waals surface area contributed by atoms with Crippen molar-refractivity contribution in [3.8, 4) is 0 Å². The number of aromatic nitrogens is 4. The van der Waals surface area contributed by atoms with E-state index in [9.17, 15) is 0 Å². The molecule has 0 amide bonds. The Hall–Kier alpha value is -1.40. The Morgan fingerprint density at radius 2 is 1.95 bits per heavy atom. The van der Waals surface area contributed by atoms with Crippen LogP contribution in [0.15, 0.2) is 0 Å². The molecule has 7 heteroatoms. The van der Waals surface area contributed by atoms with Crippen LogP contribution in [0, 0.1) is 6.92 Å². The van der Waals surface area contributed by atoms with Gasteiger partial charge in [-0.05, 0) is 50.6 Å². The van der Waals surface area contributed by atoms with Gasteiger partial charge >= 0.3 is 0 Å². The first-order chi connectivity index (χ1) is 10.7. The number of aryl methyl sites for hydroxylation is 1. The quantitative estimate of drug-likeness (QED) is 0.796. The summed E-state index contributed by atoms with van der Waals surface area (Å²) < 4.78 is 7.77. The predicted octanol–water partition coefficient (Wildman–Crippen LogP) is 3.09. The van der Waals surface area contributed by atoms with Crippen LogP contribution in [-0.2, 0) is 4.74 Å². The number of fused-ring (bicyclic) bond motifs is 1. The molecular weight excluding hydrogens is 302 g/mol. The molecule has 22 heavy (non-hydrogen) atoms. The first-order valence-corrected chi connectivity index (χ1v) is 8.41. The van der Waals surface area contributed by atoms with Crippen molar-refractivity contribution in [2.24, 2.45) is 0 Å². The second-order valence-corrected chi connectivity index (χ2v) is 6.40. The molecule has 2 saturated heterocycles. The van der Waals surface area contributed by atoms with Crippen molar-refractivity contribution < 1.29 is 4.74 Å². The van der Waals surface area contributed by atoms with E-state index in [2.05, 4.69) is 14.9 Å². The number of ether oxygens (including phenoxy) is 1. The molecule has 2 aliphatic heterocycles. The fraction of sp³-hybridized carbons (Fsp3) is 0.667. The summed E-state index contributed by atoms with van der Waals surface area (Å²) in [4.78, 5) is 11.2. The predicted molar refractivity (Wildman–Crippen MR) is 85.4 cm³/mol. The van der Waals surface area contributed by atoms with Gasteiger partial charge in [0.1, 0.15) is 5.82 Å². The first kappa shape index (κ1) is 14.2. The van der Waals surface area contributed by atoms with Gasteiger partial charge < -0.3 is 9.64 Å². The fourth-order valence-corrected chi connectivity index (χ4v) is 3.60. The van der Waals surface area contributed by atoms with Crippen LogP contribution in [-0.4, -0.2) is 39.4 Å². The topological polar surface area (TPSA) is 56.1 Å². The van der Waals surface area contributed by atoms with Gasteiger partial charge in [-0.15, -0.1) is 0 Å². The molecule has 1 atom stereocenters. The Balaban J connectivity index is 1.86. The third-order valence-corrected chi connectivity index (χ3v) is 4.68. The molecule has 0 aromatic carbocycles. The maximum Gasteiger partial charge on any atom is 0.226 e. The highest BCUT2D eigenvalue weighted by Gasteiger charge is 2.26. The summed E-state index contributed by atoms with van der Waals surface area (Å²) in [6.07, 6.45) is 5.59. The number of hydrogen-bond acceptors (Lipinski definition) is 5. The smallest absolute Gasteiger partial charge is 0.226 e. The highest BCUT2D eigenvalue weighted by atomic mass is 35.5. The zero-order valence-corrected chi connectivity index (χ0v) is 13.5. The van der Waals surface area contributed by atoms with E-state index >= 15 is 0 Å². The van der Waals surface area contributed by atoms with Crippen LogP contribution < -0.4 is 4.90 Å². The van der Waals surface area contributed by atoms with Crippen LogP contribution >= 0.6 is 11.6 Å². The van der Waals surface area contributed by atoms with Gasteiger partial charge in [0.25, 0.3) is 0 Å². The third kappa shape index (κ3) is 2.34. The SMILES string of the molecule is Cc1nn(C2CCCCO2)c2nc(Cl)nc(N3CCCC3)c12. The average molecular weight is 322 g/mol. The third-order valence-electron chi connectivity index (χ3n) is 4.51. The van der Waals surface area contributed by atoms with Gasteiger partial charge in [-0.2, -0.15) is 15.1 Å². The minimum Gasteiger partial charge on any atom is -0.356 e. The zero-order valence-electron chi connectivity index (χ0n) is 12.8. The molecule has 6 nitrogen and oxygen atoms in total. The van der Waals surface area contributed by atoms with Crippen LogP contribution in [0.2, 0.25) is 5.28 Å². The van der Waals surface area contributed by atoms with Crippen molar-refractivity contribution >= 4 is 28.5 Å². The van der Waals surface area contributed by atoms with Gasteiger partial charge in [0.2, 0.25) is 5.28 Å². The normalized spacial score (nSPS) is 22.6. The molecule has 4 heterocycles. The minimum atomic E-state index is -0.0395. The van der Waals surface area contributed by atoms with Crippen molar-refractivity contribution in [2.45, 2.75) is 45.3 Å². The molecule has 1 unspecified atom stereocenters. The molecule has 4 rings (SSSR count). The molecule has 0 aliphatic carbocycles. The number of nitrogens with zero attached hydrogens (tertiary/aromatic N) is 5. The second-order valence-electron chi connectivity index (χ2n) is 6.06. The average Bonchev–Trinajstić information content (AvgIpc) is 3.16. The van der Waals surface area contributed by atoms with Gasteiger partial charge in [0.05, 0.1) is 11.1 Å². The summed E-state index contributed by atoms with van der Waals surface area (Å²) in [7, 11) is 0. The van der Waals surface area contributed by atoms with Crippen molar-refractivity contribution in [3.05, 3.63) is 11.0 Å². The van der Waals surface area contributed by atoms with E-state index < -0.39 is 0 Å². The molecule has 118 valence electrons. The Bertz CT molecular complexity index is 689. The van der Waals surface area contributed by atoms with Crippen molar-refractivity contribution in [1.29, 1.82) is 0 Å². The summed E-state index contributed by atoms with van der Waals surface area (Å²) in [6.45, 7) is 4.83. The summed E-state index contributed by atoms with van der Waals surface area (Å²) in [5.74, 6) is 0.923. The number of anilines is 1. The minimum absolute atomic E-state index is 0.0395. The highest BCUT2D eigenvalue weighted by molar-refractivity contribution is 6.28. The maximum absolute atomic E-state index is 6.19. The standard InChI is InChI=1S/C15H20ClN5O/c1-10-12-13(20-7-3-4-8-20)17-15(16)18-14(12)21(19-10)11-6-2-5-9-22-11/h11H,2-9H2,1H3. The second kappa shape index (κ2) is 5.66. The van der Waals surface area contributed by atoms with Gasteiger partial charge in [0, 0.05) is 19.7 Å². The van der Waals surface area contributed by atoms with Crippen LogP contribution in [0.25, 0.3) is 11.0 Å². The molecule has 2 aromatic rings. The summed E-state index contributed by atoms with van der Waals surface area (Å²) >= 11 is 6.19. The van der Waals surface area contributed by atoms with Crippen molar-refractivity contribution in [1.82, 2.24) is 19.7 Å². The van der Waals surface area contributed by atoms with Crippen molar-refractivity contribution in [3.63, 3.8) is 0 Å². The number of hydrogen-bond donors (Lipinski definition) is 0. The molecule has 2 fully saturated rings. The molecule has 0 saturated carbocycles. The summed E-state index contributed by atoms with van der Waals surface area (Å²) in [6, 6.07) is 0. The summed E-state index contributed by atoms with van der Waals surface area (Å²) in [5.41, 5.74) is 1.74. The molecule has 0 N–H and O–H groups in total. The van der Waals surface area contributed by atoms with Gasteiger partial charge in [-0.1, -0.05) is 0 Å². The van der Waals surface area contributed by atoms with Crippen LogP contribution in [0.4, 0.5) is 5.82 Å². The Kier molecular flexibility index (Phi) is 3.66. The zero-order chi connectivity index (χ0) is 15.1. The van der Waals surface area contributed by atoms with E-state index in [1.165, 1.54) is 12.8 Å². The van der Waals surface area contributed by atoms with Crippen LogP contribution in [0.5, 0.6) is 0 Å². The van der Waals surface area contributed by atoms with E-state index in [4.69, 9.17) is 21.4 Å². The highest BCUT2D eigenvalue weighted by Crippen LogP contribution is 2.33. The lowest BCUT2D eigenvalue weighted by Crippen LogP contribution is -2.21. The lowest BCUT2D eigenvalue weighted by atomic mass is 10.2. The van der Waals surface area contributed by atoms with Crippen molar-refractivity contribution in [2.75, 3.05) is 24.6 Å². The van der Waals surface area contributed by atoms with Crippen LogP contribution in [0.3, 0.4) is 0 Å². The molecular formula is C15H20ClN5O. The monoisotopic (exact) mass is 321 g/mol. The lowest BCUT2D eigenvalue weighted by molar-refractivity contribution is -0.0371. The van der Waals surface area contributed by atoms with E-state index in [0.29, 0.717) is 0 Å². The van der Waals surface area contributed by atoms with E-state index in [1.54, 1.807) is 0 Å². The summed E-state index contributed by atoms with van der Waals surface area (Å²) in [5, 5.41) is 5.99. The molecule has 2 aliphatic rings. The molecule has 0 spiro atoms. The van der Waals surface area contributed by atoms with E-state index in [1.807, 2.05) is 11.6 Å². The van der Waals surface area contributed by atoms with Gasteiger partial charge in [-0.25, -0.2) is 4.68 Å². The van der Waals surface area contributed by atoms with Crippen LogP contribution in [0.1, 0.15) is 44.0 Å². The Labute approximate surface area is 134 Å².